The van der Waals surface area contributed by atoms with Crippen molar-refractivity contribution in [1.82, 2.24) is 38.6 Å². The van der Waals surface area contributed by atoms with Gasteiger partial charge < -0.3 is 4.74 Å². The van der Waals surface area contributed by atoms with Crippen molar-refractivity contribution in [2.45, 2.75) is 18.9 Å². The van der Waals surface area contributed by atoms with Gasteiger partial charge >= 0.3 is 23.7 Å². The molecule has 0 saturated carbocycles. The second kappa shape index (κ2) is 16.1. The van der Waals surface area contributed by atoms with Crippen molar-refractivity contribution in [1.29, 1.82) is 0 Å². The van der Waals surface area contributed by atoms with Crippen LogP contribution in [0, 0.1) is 0 Å². The summed E-state index contributed by atoms with van der Waals surface area (Å²) < 4.78 is 87.8. The maximum Gasteiger partial charge on any atom is 0.416 e. The molecule has 318 valence electrons. The average Bonchev–Trinajstić information content (AvgIpc) is 3.25. The minimum atomic E-state index is -4.64. The van der Waals surface area contributed by atoms with E-state index >= 15 is 0 Å². The van der Waals surface area contributed by atoms with E-state index in [1.165, 1.54) is 62.0 Å². The van der Waals surface area contributed by atoms with Crippen LogP contribution in [-0.4, -0.2) is 45.7 Å². The Hall–Kier alpha value is -7.38. The number of H-pyrrole nitrogens is 1. The second-order valence-electron chi connectivity index (χ2n) is 13.6. The Balaban J connectivity index is 0.000000180. The van der Waals surface area contributed by atoms with Crippen molar-refractivity contribution in [3.63, 3.8) is 0 Å². The van der Waals surface area contributed by atoms with Gasteiger partial charge in [0.05, 0.1) is 69.0 Å². The van der Waals surface area contributed by atoms with E-state index in [1.54, 1.807) is 30.3 Å². The molecule has 3 aromatic carbocycles. The number of methoxy groups -OCH3 is 1. The molecule has 63 heavy (non-hydrogen) atoms. The van der Waals surface area contributed by atoms with E-state index in [1.807, 2.05) is 0 Å². The molecular formula is C42H24Cl2F6N8O5. The number of nitrogens with zero attached hydrogens (tertiary/aromatic N) is 7. The molecule has 0 amide bonds. The number of rotatable bonds is 5. The Morgan fingerprint density at radius 1 is 0.651 bits per heavy atom. The van der Waals surface area contributed by atoms with Crippen LogP contribution in [0.25, 0.3) is 55.2 Å². The first-order chi connectivity index (χ1) is 29.9. The number of aromatic amines is 1. The van der Waals surface area contributed by atoms with Crippen LogP contribution in [-0.2, 0) is 18.9 Å². The number of alkyl halides is 6. The fourth-order valence-corrected chi connectivity index (χ4v) is 7.08. The third-order valence-corrected chi connectivity index (χ3v) is 10.1. The SMILES string of the molecule is COc1ccc(Cn2c(=O)c3cnc4ccc(Cl)nc4c3n(-c3cccc(C(F)(F)F)c3)c2=O)cc1.O=c1[nH]c(=O)n(-c2cccc(C(F)(F)F)c2)c2c1cnc1ccc(Cl)nc12. The van der Waals surface area contributed by atoms with Crippen LogP contribution in [0.2, 0.25) is 10.3 Å². The molecule has 0 atom stereocenters. The van der Waals surface area contributed by atoms with Crippen molar-refractivity contribution < 1.29 is 31.1 Å². The zero-order valence-corrected chi connectivity index (χ0v) is 33.3. The maximum absolute atomic E-state index is 13.8. The van der Waals surface area contributed by atoms with Crippen LogP contribution in [0.4, 0.5) is 26.3 Å². The number of fused-ring (bicyclic) bond motifs is 6. The molecule has 0 spiro atoms. The summed E-state index contributed by atoms with van der Waals surface area (Å²) in [5, 5.41) is 0.152. The van der Waals surface area contributed by atoms with E-state index in [0.29, 0.717) is 22.3 Å². The lowest BCUT2D eigenvalue weighted by Gasteiger charge is -2.17. The fourth-order valence-electron chi connectivity index (χ4n) is 6.79. The lowest BCUT2D eigenvalue weighted by atomic mass is 10.1. The molecular weight excluding hydrogens is 881 g/mol. The predicted molar refractivity (Wildman–Crippen MR) is 222 cm³/mol. The third-order valence-electron chi connectivity index (χ3n) is 9.68. The Morgan fingerprint density at radius 2 is 1.16 bits per heavy atom. The van der Waals surface area contributed by atoms with Gasteiger partial charge in [0, 0.05) is 12.4 Å². The molecule has 0 bridgehead atoms. The van der Waals surface area contributed by atoms with E-state index in [9.17, 15) is 45.5 Å². The molecule has 9 aromatic rings. The van der Waals surface area contributed by atoms with Gasteiger partial charge in [0.2, 0.25) is 0 Å². The number of pyridine rings is 4. The summed E-state index contributed by atoms with van der Waals surface area (Å²) in [4.78, 5) is 70.7. The minimum absolute atomic E-state index is 0.00258. The molecule has 0 aliphatic carbocycles. The van der Waals surface area contributed by atoms with Crippen molar-refractivity contribution in [2.75, 3.05) is 7.11 Å². The Morgan fingerprint density at radius 3 is 1.68 bits per heavy atom. The van der Waals surface area contributed by atoms with Gasteiger partial charge in [0.15, 0.2) is 0 Å². The van der Waals surface area contributed by atoms with Crippen molar-refractivity contribution >= 4 is 67.1 Å². The zero-order chi connectivity index (χ0) is 45.0. The van der Waals surface area contributed by atoms with Crippen molar-refractivity contribution in [3.8, 4) is 17.1 Å². The summed E-state index contributed by atoms with van der Waals surface area (Å²) in [7, 11) is 1.51. The van der Waals surface area contributed by atoms with Gasteiger partial charge in [-0.2, -0.15) is 26.3 Å². The molecule has 21 heteroatoms. The monoisotopic (exact) mass is 904 g/mol. The average molecular weight is 906 g/mol. The summed E-state index contributed by atoms with van der Waals surface area (Å²) >= 11 is 12.0. The lowest BCUT2D eigenvalue weighted by Crippen LogP contribution is -2.40. The van der Waals surface area contributed by atoms with Crippen molar-refractivity contribution in [2.24, 2.45) is 0 Å². The van der Waals surface area contributed by atoms with Crippen LogP contribution in [0.3, 0.4) is 0 Å². The normalized spacial score (nSPS) is 11.9. The molecule has 6 heterocycles. The van der Waals surface area contributed by atoms with E-state index in [-0.39, 0.29) is 61.1 Å². The Labute approximate surface area is 357 Å². The molecule has 0 unspecified atom stereocenters. The van der Waals surface area contributed by atoms with Crippen LogP contribution in [0.15, 0.2) is 129 Å². The van der Waals surface area contributed by atoms with E-state index in [0.717, 1.165) is 38.0 Å². The first-order valence-corrected chi connectivity index (χ1v) is 18.9. The molecule has 0 aliphatic rings. The van der Waals surface area contributed by atoms with Gasteiger partial charge in [-0.05, 0) is 78.4 Å². The van der Waals surface area contributed by atoms with Gasteiger partial charge in [-0.3, -0.25) is 38.2 Å². The standard InChI is InChI=1S/C25H16ClF3N4O3.C17H8ClF3N4O2/c1-36-17-7-5-14(6-8-17)13-32-23(34)18-12-30-19-9-10-20(26)31-21(19)22(18)33(24(32)35)16-4-2-3-15(11-16)25(27,28)29;18-12-5-4-11-13(23-12)14-10(7-22-11)15(26)24-16(27)25(14)9-3-1-2-8(6-9)17(19,20)21/h2-12H,13H2,1H3;1-7H,(H,24,26,27). The molecule has 0 radical (unpaired) electrons. The molecule has 1 N–H and O–H groups in total. The summed E-state index contributed by atoms with van der Waals surface area (Å²) in [5.41, 5.74) is -3.63. The highest BCUT2D eigenvalue weighted by molar-refractivity contribution is 6.30. The second-order valence-corrected chi connectivity index (χ2v) is 14.4. The first kappa shape index (κ1) is 42.3. The molecule has 0 aliphatic heterocycles. The Bertz CT molecular complexity index is 3540. The molecule has 0 saturated heterocycles. The van der Waals surface area contributed by atoms with E-state index in [2.05, 4.69) is 24.9 Å². The largest absolute Gasteiger partial charge is 0.497 e. The number of nitrogens with one attached hydrogen (secondary N) is 1. The minimum Gasteiger partial charge on any atom is -0.497 e. The van der Waals surface area contributed by atoms with Gasteiger partial charge in [-0.25, -0.2) is 19.6 Å². The molecule has 9 rings (SSSR count). The fraction of sp³-hybridized carbons (Fsp3) is 0.0952. The number of hydrogen-bond acceptors (Lipinski definition) is 9. The number of hydrogen-bond donors (Lipinski definition) is 1. The smallest absolute Gasteiger partial charge is 0.416 e. The molecule has 0 fully saturated rings. The number of halogens is 8. The summed E-state index contributed by atoms with van der Waals surface area (Å²) in [6.07, 6.45) is -6.72. The highest BCUT2D eigenvalue weighted by Gasteiger charge is 2.32. The highest BCUT2D eigenvalue weighted by atomic mass is 35.5. The quantitative estimate of drug-likeness (QED) is 0.102. The topological polar surface area (TPSA) is 160 Å². The third kappa shape index (κ3) is 8.10. The maximum atomic E-state index is 13.8. The summed E-state index contributed by atoms with van der Waals surface area (Å²) in [5.74, 6) is 0.588. The zero-order valence-electron chi connectivity index (χ0n) is 31.8. The van der Waals surface area contributed by atoms with Gasteiger partial charge in [0.1, 0.15) is 27.1 Å². The highest BCUT2D eigenvalue weighted by Crippen LogP contribution is 2.33. The van der Waals surface area contributed by atoms with Crippen LogP contribution in [0.5, 0.6) is 5.75 Å². The van der Waals surface area contributed by atoms with Crippen LogP contribution < -0.4 is 27.2 Å². The number of ether oxygens (including phenoxy) is 1. The van der Waals surface area contributed by atoms with Crippen LogP contribution in [0.1, 0.15) is 16.7 Å². The van der Waals surface area contributed by atoms with Crippen molar-refractivity contribution in [3.05, 3.63) is 178 Å². The van der Waals surface area contributed by atoms with Crippen LogP contribution >= 0.6 is 23.2 Å². The lowest BCUT2D eigenvalue weighted by molar-refractivity contribution is -0.138. The predicted octanol–water partition coefficient (Wildman–Crippen LogP) is 8.12. The Kier molecular flexibility index (Phi) is 10.8. The van der Waals surface area contributed by atoms with E-state index < -0.39 is 46.0 Å². The van der Waals surface area contributed by atoms with Gasteiger partial charge in [-0.15, -0.1) is 0 Å². The number of aromatic nitrogens is 8. The van der Waals surface area contributed by atoms with Gasteiger partial charge in [0.25, 0.3) is 11.1 Å². The summed E-state index contributed by atoms with van der Waals surface area (Å²) in [6, 6.07) is 21.3. The summed E-state index contributed by atoms with van der Waals surface area (Å²) in [6.45, 7) is -0.127. The molecule has 6 aromatic heterocycles. The first-order valence-electron chi connectivity index (χ1n) is 18.1. The van der Waals surface area contributed by atoms with E-state index in [4.69, 9.17) is 27.9 Å². The van der Waals surface area contributed by atoms with Gasteiger partial charge in [-0.1, -0.05) is 47.5 Å². The molecule has 13 nitrogen and oxygen atoms in total. The number of benzene rings is 3.